The highest BCUT2D eigenvalue weighted by atomic mass is 28.4. The Morgan fingerprint density at radius 1 is 1.12 bits per heavy atom. The summed E-state index contributed by atoms with van der Waals surface area (Å²) in [4.78, 5) is 0. The van der Waals surface area contributed by atoms with E-state index in [-0.39, 0.29) is 30.1 Å². The fourth-order valence-corrected chi connectivity index (χ4v) is 4.42. The van der Waals surface area contributed by atoms with Gasteiger partial charge in [0.1, 0.15) is 25.1 Å². The van der Waals surface area contributed by atoms with Crippen LogP contribution in [0.5, 0.6) is 0 Å². The summed E-state index contributed by atoms with van der Waals surface area (Å²) in [6, 6.07) is 0. The minimum absolute atomic E-state index is 0.0682. The van der Waals surface area contributed by atoms with Gasteiger partial charge >= 0.3 is 0 Å². The molecule has 6 nitrogen and oxygen atoms in total. The van der Waals surface area contributed by atoms with Crippen molar-refractivity contribution >= 4 is 8.32 Å². The zero-order valence-electron chi connectivity index (χ0n) is 16.3. The predicted molar refractivity (Wildman–Crippen MR) is 93.3 cm³/mol. The zero-order valence-corrected chi connectivity index (χ0v) is 17.3. The Kier molecular flexibility index (Phi) is 5.87. The molecule has 1 N–H and O–H groups in total. The largest absolute Gasteiger partial charge is 0.411 e. The van der Waals surface area contributed by atoms with Gasteiger partial charge in [-0.05, 0) is 32.0 Å². The summed E-state index contributed by atoms with van der Waals surface area (Å²) < 4.78 is 29.3. The van der Waals surface area contributed by atoms with Crippen molar-refractivity contribution in [3.63, 3.8) is 0 Å². The second-order valence-electron chi connectivity index (χ2n) is 8.82. The fraction of sp³-hybridized carbons (Fsp3) is 1.00. The van der Waals surface area contributed by atoms with Crippen molar-refractivity contribution in [1.82, 2.24) is 0 Å². The molecule has 0 unspecified atom stereocenters. The number of aliphatic hydroxyl groups excluding tert-OH is 1. The summed E-state index contributed by atoms with van der Waals surface area (Å²) in [5.74, 6) is -0.739. The van der Waals surface area contributed by atoms with E-state index < -0.39 is 26.3 Å². The van der Waals surface area contributed by atoms with Gasteiger partial charge in [0.15, 0.2) is 14.1 Å². The Morgan fingerprint density at radius 3 is 2.25 bits per heavy atom. The molecule has 2 aliphatic rings. The molecule has 5 atom stereocenters. The predicted octanol–water partition coefficient (Wildman–Crippen LogP) is 2.65. The highest BCUT2D eigenvalue weighted by molar-refractivity contribution is 6.74. The smallest absolute Gasteiger partial charge is 0.192 e. The van der Waals surface area contributed by atoms with Gasteiger partial charge in [0.05, 0.1) is 12.2 Å². The minimum atomic E-state index is -2.02. The summed E-state index contributed by atoms with van der Waals surface area (Å²) in [5.41, 5.74) is 0. The Balaban J connectivity index is 2.18. The summed E-state index contributed by atoms with van der Waals surface area (Å²) in [7, 11) is -0.426. The first-order valence-corrected chi connectivity index (χ1v) is 11.6. The molecule has 0 amide bonds. The summed E-state index contributed by atoms with van der Waals surface area (Å²) in [5, 5.41) is 10.9. The van der Waals surface area contributed by atoms with Crippen LogP contribution in [0.4, 0.5) is 0 Å². The van der Waals surface area contributed by atoms with E-state index in [1.807, 2.05) is 13.8 Å². The molecule has 0 bridgehead atoms. The Labute approximate surface area is 146 Å². The molecule has 0 aromatic heterocycles. The van der Waals surface area contributed by atoms with Gasteiger partial charge in [-0.2, -0.15) is 0 Å². The molecule has 1 saturated carbocycles. The summed E-state index contributed by atoms with van der Waals surface area (Å²) in [6.45, 7) is 14.8. The van der Waals surface area contributed by atoms with Gasteiger partial charge in [-0.1, -0.05) is 20.8 Å². The normalized spacial score (nSPS) is 36.6. The lowest BCUT2D eigenvalue weighted by molar-refractivity contribution is -0.176. The van der Waals surface area contributed by atoms with E-state index in [4.69, 9.17) is 23.4 Å². The molecule has 0 aromatic rings. The van der Waals surface area contributed by atoms with E-state index in [0.717, 1.165) is 0 Å². The Bertz CT molecular complexity index is 433. The molecule has 0 radical (unpaired) electrons. The van der Waals surface area contributed by atoms with Crippen molar-refractivity contribution in [2.45, 2.75) is 95.5 Å². The number of hydrogen-bond donors (Lipinski definition) is 1. The molecule has 7 heteroatoms. The van der Waals surface area contributed by atoms with E-state index in [2.05, 4.69) is 33.9 Å². The summed E-state index contributed by atoms with van der Waals surface area (Å²) >= 11 is 0. The highest BCUT2D eigenvalue weighted by Crippen LogP contribution is 2.43. The molecule has 2 rings (SSSR count). The molecular formula is C17H34O6Si. The third-order valence-corrected chi connectivity index (χ3v) is 9.87. The third kappa shape index (κ3) is 4.20. The number of fused-ring (bicyclic) bond motifs is 1. The van der Waals surface area contributed by atoms with E-state index in [1.165, 1.54) is 0 Å². The first-order chi connectivity index (χ1) is 10.9. The van der Waals surface area contributed by atoms with Crippen LogP contribution >= 0.6 is 0 Å². The van der Waals surface area contributed by atoms with Gasteiger partial charge in [-0.25, -0.2) is 0 Å². The molecule has 1 saturated heterocycles. The van der Waals surface area contributed by atoms with E-state index in [0.29, 0.717) is 6.42 Å². The number of hydrogen-bond acceptors (Lipinski definition) is 6. The minimum Gasteiger partial charge on any atom is -0.411 e. The van der Waals surface area contributed by atoms with Crippen LogP contribution in [0, 0.1) is 0 Å². The molecule has 142 valence electrons. The van der Waals surface area contributed by atoms with Crippen LogP contribution < -0.4 is 0 Å². The van der Waals surface area contributed by atoms with Crippen LogP contribution in [0.3, 0.4) is 0 Å². The molecule has 24 heavy (non-hydrogen) atoms. The first-order valence-electron chi connectivity index (χ1n) is 8.70. The lowest BCUT2D eigenvalue weighted by atomic mass is 9.87. The molecule has 1 aliphatic carbocycles. The number of rotatable bonds is 5. The molecule has 1 heterocycles. The molecule has 1 aliphatic heterocycles. The van der Waals surface area contributed by atoms with Crippen molar-refractivity contribution in [2.75, 3.05) is 13.9 Å². The molecule has 0 aromatic carbocycles. The highest BCUT2D eigenvalue weighted by Gasteiger charge is 2.56. The van der Waals surface area contributed by atoms with Crippen molar-refractivity contribution in [3.05, 3.63) is 0 Å². The third-order valence-electron chi connectivity index (χ3n) is 5.36. The Hall–Kier alpha value is -0.0231. The van der Waals surface area contributed by atoms with Gasteiger partial charge in [0.25, 0.3) is 0 Å². The fourth-order valence-electron chi connectivity index (χ4n) is 3.07. The lowest BCUT2D eigenvalue weighted by Crippen LogP contribution is -2.59. The zero-order chi connectivity index (χ0) is 18.3. The standard InChI is InChI=1S/C17H34O6Si/c1-16(2,3)24(7,8)23-11-9-12(20-10-19-6)14-15(13(11)18)22-17(4,5)21-14/h11-15,18H,9-10H2,1-8H3/t11-,12-,13+,14-,15+/m0/s1. The molecular weight excluding hydrogens is 328 g/mol. The van der Waals surface area contributed by atoms with Crippen molar-refractivity contribution in [1.29, 1.82) is 0 Å². The van der Waals surface area contributed by atoms with Crippen LogP contribution in [0.2, 0.25) is 18.1 Å². The molecule has 0 spiro atoms. The van der Waals surface area contributed by atoms with Gasteiger partial charge in [0, 0.05) is 13.5 Å². The van der Waals surface area contributed by atoms with Gasteiger partial charge in [-0.15, -0.1) is 0 Å². The maximum atomic E-state index is 10.8. The van der Waals surface area contributed by atoms with Gasteiger partial charge in [-0.3, -0.25) is 0 Å². The van der Waals surface area contributed by atoms with Crippen LogP contribution in [0.1, 0.15) is 41.0 Å². The summed E-state index contributed by atoms with van der Waals surface area (Å²) in [6.07, 6.45) is -1.48. The topological polar surface area (TPSA) is 66.4 Å². The van der Waals surface area contributed by atoms with Crippen molar-refractivity contribution in [3.8, 4) is 0 Å². The van der Waals surface area contributed by atoms with Crippen molar-refractivity contribution in [2.24, 2.45) is 0 Å². The number of methoxy groups -OCH3 is 1. The second kappa shape index (κ2) is 6.94. The Morgan fingerprint density at radius 2 is 1.71 bits per heavy atom. The quantitative estimate of drug-likeness (QED) is 0.599. The average molecular weight is 363 g/mol. The van der Waals surface area contributed by atoms with Gasteiger partial charge < -0.3 is 28.5 Å². The average Bonchev–Trinajstić information content (AvgIpc) is 2.75. The maximum absolute atomic E-state index is 10.8. The second-order valence-corrected chi connectivity index (χ2v) is 13.6. The number of ether oxygens (including phenoxy) is 4. The monoisotopic (exact) mass is 362 g/mol. The number of aliphatic hydroxyl groups is 1. The SMILES string of the molecule is COCO[C@H]1C[C@H](O[Si](C)(C)C(C)(C)C)[C@@H](O)[C@H]2OC(C)(C)O[C@H]21. The van der Waals surface area contributed by atoms with Crippen LogP contribution in [-0.4, -0.2) is 63.6 Å². The van der Waals surface area contributed by atoms with Gasteiger partial charge in [0.2, 0.25) is 0 Å². The van der Waals surface area contributed by atoms with E-state index in [9.17, 15) is 5.11 Å². The van der Waals surface area contributed by atoms with Crippen LogP contribution in [0.25, 0.3) is 0 Å². The van der Waals surface area contributed by atoms with E-state index in [1.54, 1.807) is 7.11 Å². The molecule has 2 fully saturated rings. The van der Waals surface area contributed by atoms with Crippen molar-refractivity contribution < 1.29 is 28.5 Å². The maximum Gasteiger partial charge on any atom is 0.192 e. The first kappa shape index (κ1) is 20.3. The lowest BCUT2D eigenvalue weighted by Gasteiger charge is -2.45. The van der Waals surface area contributed by atoms with Crippen LogP contribution in [0.15, 0.2) is 0 Å². The van der Waals surface area contributed by atoms with Crippen LogP contribution in [-0.2, 0) is 23.4 Å². The van der Waals surface area contributed by atoms with E-state index >= 15 is 0 Å².